The summed E-state index contributed by atoms with van der Waals surface area (Å²) >= 11 is 0. The molecule has 1 rings (SSSR count). The molecule has 19 heavy (non-hydrogen) atoms. The van der Waals surface area contributed by atoms with Gasteiger partial charge in [0, 0.05) is 20.1 Å². The van der Waals surface area contributed by atoms with Gasteiger partial charge in [-0.05, 0) is 26.2 Å². The molecule has 0 fully saturated rings. The van der Waals surface area contributed by atoms with Crippen LogP contribution >= 0.6 is 0 Å². The number of carbonyl (C=O) groups excluding carboxylic acids is 1. The fourth-order valence-corrected chi connectivity index (χ4v) is 1.35. The van der Waals surface area contributed by atoms with Crippen LogP contribution in [-0.4, -0.2) is 63.2 Å². The molecule has 0 bridgehead atoms. The van der Waals surface area contributed by atoms with E-state index < -0.39 is 0 Å². The zero-order valence-corrected chi connectivity index (χ0v) is 11.8. The average molecular weight is 266 g/mol. The van der Waals surface area contributed by atoms with E-state index in [9.17, 15) is 4.79 Å². The predicted molar refractivity (Wildman–Crippen MR) is 75.5 cm³/mol. The third-order valence-corrected chi connectivity index (χ3v) is 2.50. The Balaban J connectivity index is 2.20. The molecule has 0 radical (unpaired) electrons. The molecule has 1 heterocycles. The highest BCUT2D eigenvalue weighted by Crippen LogP contribution is 2.04. The van der Waals surface area contributed by atoms with Gasteiger partial charge in [0.25, 0.3) is 5.91 Å². The minimum Gasteiger partial charge on any atom is -0.387 e. The van der Waals surface area contributed by atoms with E-state index in [0.717, 1.165) is 12.2 Å². The Hall–Kier alpha value is -1.66. The van der Waals surface area contributed by atoms with Crippen molar-refractivity contribution in [1.29, 1.82) is 0 Å². The number of likely N-dealkylation sites (N-methyl/N-ethyl adjacent to an activating group) is 1. The van der Waals surface area contributed by atoms with E-state index in [1.165, 1.54) is 0 Å². The molecule has 0 unspecified atom stereocenters. The van der Waals surface area contributed by atoms with Crippen molar-refractivity contribution in [1.82, 2.24) is 15.2 Å². The van der Waals surface area contributed by atoms with E-state index in [4.69, 9.17) is 4.74 Å². The van der Waals surface area contributed by atoms with E-state index in [0.29, 0.717) is 25.5 Å². The minimum absolute atomic E-state index is 0.182. The van der Waals surface area contributed by atoms with Crippen LogP contribution in [0.1, 0.15) is 10.5 Å². The number of hydrogen-bond donors (Lipinski definition) is 2. The summed E-state index contributed by atoms with van der Waals surface area (Å²) in [4.78, 5) is 17.8. The van der Waals surface area contributed by atoms with Crippen LogP contribution in [0.4, 0.5) is 5.69 Å². The number of nitrogens with zero attached hydrogens (tertiary/aromatic N) is 2. The summed E-state index contributed by atoms with van der Waals surface area (Å²) in [6, 6.07) is 3.50. The Bertz CT molecular complexity index is 379. The van der Waals surface area contributed by atoms with Gasteiger partial charge in [-0.3, -0.25) is 4.79 Å². The summed E-state index contributed by atoms with van der Waals surface area (Å²) in [6.07, 6.45) is 1.63. The molecule has 0 aromatic carbocycles. The fraction of sp³-hybridized carbons (Fsp3) is 0.538. The molecule has 6 nitrogen and oxygen atoms in total. The molecule has 0 aliphatic carbocycles. The molecule has 2 N–H and O–H groups in total. The molecule has 106 valence electrons. The third-order valence-electron chi connectivity index (χ3n) is 2.50. The van der Waals surface area contributed by atoms with Crippen molar-refractivity contribution in [3.05, 3.63) is 24.0 Å². The van der Waals surface area contributed by atoms with Gasteiger partial charge in [0.2, 0.25) is 0 Å². The number of nitrogens with one attached hydrogen (secondary N) is 2. The van der Waals surface area contributed by atoms with Gasteiger partial charge in [-0.25, -0.2) is 4.98 Å². The molecule has 0 aliphatic rings. The Kier molecular flexibility index (Phi) is 6.84. The number of amides is 1. The van der Waals surface area contributed by atoms with E-state index in [-0.39, 0.29) is 5.91 Å². The second-order valence-electron chi connectivity index (χ2n) is 4.35. The number of anilines is 1. The van der Waals surface area contributed by atoms with Gasteiger partial charge in [0.1, 0.15) is 5.69 Å². The van der Waals surface area contributed by atoms with Crippen LogP contribution in [0.25, 0.3) is 0 Å². The highest BCUT2D eigenvalue weighted by Gasteiger charge is 2.05. The van der Waals surface area contributed by atoms with Crippen LogP contribution in [0.15, 0.2) is 18.3 Å². The normalized spacial score (nSPS) is 10.5. The first-order valence-electron chi connectivity index (χ1n) is 6.28. The molecule has 0 spiro atoms. The number of aromatic nitrogens is 1. The lowest BCUT2D eigenvalue weighted by Gasteiger charge is -2.10. The van der Waals surface area contributed by atoms with Crippen molar-refractivity contribution in [2.45, 2.75) is 0 Å². The van der Waals surface area contributed by atoms with E-state index >= 15 is 0 Å². The lowest BCUT2D eigenvalue weighted by atomic mass is 10.3. The highest BCUT2D eigenvalue weighted by atomic mass is 16.5. The van der Waals surface area contributed by atoms with Crippen LogP contribution < -0.4 is 10.6 Å². The second kappa shape index (κ2) is 8.44. The summed E-state index contributed by atoms with van der Waals surface area (Å²) in [7, 11) is 5.79. The number of hydrogen-bond acceptors (Lipinski definition) is 5. The van der Waals surface area contributed by atoms with Crippen LogP contribution in [0.2, 0.25) is 0 Å². The van der Waals surface area contributed by atoms with Crippen molar-refractivity contribution in [2.24, 2.45) is 0 Å². The summed E-state index contributed by atoms with van der Waals surface area (Å²) in [5, 5.41) is 5.71. The summed E-state index contributed by atoms with van der Waals surface area (Å²) in [5.74, 6) is -0.182. The molecule has 0 saturated heterocycles. The summed E-state index contributed by atoms with van der Waals surface area (Å²) < 4.78 is 5.38. The fourth-order valence-electron chi connectivity index (χ4n) is 1.35. The first kappa shape index (κ1) is 15.4. The monoisotopic (exact) mass is 266 g/mol. The van der Waals surface area contributed by atoms with Crippen molar-refractivity contribution in [3.63, 3.8) is 0 Å². The van der Waals surface area contributed by atoms with E-state index in [2.05, 4.69) is 15.6 Å². The summed E-state index contributed by atoms with van der Waals surface area (Å²) in [5.41, 5.74) is 1.29. The smallest absolute Gasteiger partial charge is 0.269 e. The molecular formula is C13H22N4O2. The van der Waals surface area contributed by atoms with E-state index in [1.54, 1.807) is 12.3 Å². The van der Waals surface area contributed by atoms with E-state index in [1.807, 2.05) is 32.1 Å². The Labute approximate surface area is 114 Å². The largest absolute Gasteiger partial charge is 0.387 e. The van der Waals surface area contributed by atoms with Crippen molar-refractivity contribution in [2.75, 3.05) is 52.8 Å². The maximum Gasteiger partial charge on any atom is 0.269 e. The molecule has 1 aromatic rings. The minimum atomic E-state index is -0.182. The maximum absolute atomic E-state index is 11.7. The number of ether oxygens (including phenoxy) is 1. The van der Waals surface area contributed by atoms with Crippen LogP contribution in [0.5, 0.6) is 0 Å². The highest BCUT2D eigenvalue weighted by molar-refractivity contribution is 5.92. The Morgan fingerprint density at radius 2 is 2.16 bits per heavy atom. The average Bonchev–Trinajstić information content (AvgIpc) is 2.42. The third kappa shape index (κ3) is 6.17. The lowest BCUT2D eigenvalue weighted by Crippen LogP contribution is -2.29. The molecule has 0 atom stereocenters. The predicted octanol–water partition coefficient (Wildman–Crippen LogP) is 0.431. The second-order valence-corrected chi connectivity index (χ2v) is 4.35. The van der Waals surface area contributed by atoms with Crippen molar-refractivity contribution < 1.29 is 9.53 Å². The van der Waals surface area contributed by atoms with Crippen molar-refractivity contribution >= 4 is 11.6 Å². The van der Waals surface area contributed by atoms with Gasteiger partial charge in [0.15, 0.2) is 0 Å². The summed E-state index contributed by atoms with van der Waals surface area (Å²) in [6.45, 7) is 2.54. The number of rotatable bonds is 8. The van der Waals surface area contributed by atoms with Gasteiger partial charge >= 0.3 is 0 Å². The van der Waals surface area contributed by atoms with Crippen LogP contribution in [0.3, 0.4) is 0 Å². The molecule has 1 aromatic heterocycles. The van der Waals surface area contributed by atoms with Gasteiger partial charge in [-0.15, -0.1) is 0 Å². The van der Waals surface area contributed by atoms with Crippen LogP contribution in [-0.2, 0) is 4.74 Å². The quantitative estimate of drug-likeness (QED) is 0.668. The van der Waals surface area contributed by atoms with Crippen molar-refractivity contribution in [3.8, 4) is 0 Å². The first-order chi connectivity index (χ1) is 9.13. The maximum atomic E-state index is 11.7. The standard InChI is InChI=1S/C13H22N4O2/c1-14-11-4-5-12(16-10-11)13(18)15-6-8-19-9-7-17(2)3/h4-5,10,14H,6-9H2,1-3H3,(H,15,18). The van der Waals surface area contributed by atoms with Gasteiger partial charge < -0.3 is 20.3 Å². The first-order valence-corrected chi connectivity index (χ1v) is 6.28. The lowest BCUT2D eigenvalue weighted by molar-refractivity contribution is 0.0896. The molecule has 0 saturated carbocycles. The number of carbonyl (C=O) groups is 1. The van der Waals surface area contributed by atoms with Crippen LogP contribution in [0, 0.1) is 0 Å². The zero-order valence-electron chi connectivity index (χ0n) is 11.8. The molecule has 0 aliphatic heterocycles. The molecule has 6 heteroatoms. The van der Waals surface area contributed by atoms with Gasteiger partial charge in [-0.1, -0.05) is 0 Å². The Morgan fingerprint density at radius 1 is 1.37 bits per heavy atom. The number of pyridine rings is 1. The van der Waals surface area contributed by atoms with Gasteiger partial charge in [0.05, 0.1) is 25.1 Å². The zero-order chi connectivity index (χ0) is 14.1. The topological polar surface area (TPSA) is 66.5 Å². The SMILES string of the molecule is CNc1ccc(C(=O)NCCOCCN(C)C)nc1. The molecular weight excluding hydrogens is 244 g/mol. The molecule has 1 amide bonds. The Morgan fingerprint density at radius 3 is 2.74 bits per heavy atom. The van der Waals surface area contributed by atoms with Gasteiger partial charge in [-0.2, -0.15) is 0 Å².